The van der Waals surface area contributed by atoms with Crippen molar-refractivity contribution >= 4 is 10.9 Å². The summed E-state index contributed by atoms with van der Waals surface area (Å²) >= 11 is 0. The van der Waals surface area contributed by atoms with Crippen molar-refractivity contribution in [2.24, 2.45) is 0 Å². The first kappa shape index (κ1) is 10.7. The van der Waals surface area contributed by atoms with E-state index in [2.05, 4.69) is 40.1 Å². The molecule has 1 aromatic carbocycles. The number of hydrogen-bond acceptors (Lipinski definition) is 2. The van der Waals surface area contributed by atoms with E-state index < -0.39 is 0 Å². The zero-order valence-corrected chi connectivity index (χ0v) is 10.9. The zero-order valence-electron chi connectivity index (χ0n) is 10.9. The molecule has 19 heavy (non-hydrogen) atoms. The van der Waals surface area contributed by atoms with Crippen molar-refractivity contribution in [3.63, 3.8) is 0 Å². The maximum Gasteiger partial charge on any atom is 0.116 e. The van der Waals surface area contributed by atoms with Gasteiger partial charge in [0.15, 0.2) is 0 Å². The summed E-state index contributed by atoms with van der Waals surface area (Å²) in [6.07, 6.45) is 6.76. The molecule has 2 aromatic heterocycles. The van der Waals surface area contributed by atoms with Crippen LogP contribution >= 0.6 is 0 Å². The standard InChI is InChI=1S/C16H15N3/c1-2-10-3-6-14-13(7-10)12-5-4-11-8-17-9-18-15(11)16(12)19-14/h3,6-9,19H,2,4-5H2,1H3. The molecule has 1 N–H and O–H groups in total. The van der Waals surface area contributed by atoms with Crippen LogP contribution in [-0.2, 0) is 19.3 Å². The lowest BCUT2D eigenvalue weighted by Crippen LogP contribution is -2.05. The Kier molecular flexibility index (Phi) is 2.21. The van der Waals surface area contributed by atoms with E-state index in [0.717, 1.165) is 25.0 Å². The molecule has 0 amide bonds. The van der Waals surface area contributed by atoms with E-state index in [1.54, 1.807) is 6.33 Å². The molecule has 0 fully saturated rings. The summed E-state index contributed by atoms with van der Waals surface area (Å²) < 4.78 is 0. The number of fused-ring (bicyclic) bond motifs is 5. The predicted octanol–water partition coefficient (Wildman–Crippen LogP) is 3.29. The van der Waals surface area contributed by atoms with Gasteiger partial charge in [0.25, 0.3) is 0 Å². The molecule has 3 aromatic rings. The first-order valence-electron chi connectivity index (χ1n) is 6.79. The third kappa shape index (κ3) is 1.51. The summed E-state index contributed by atoms with van der Waals surface area (Å²) in [4.78, 5) is 12.1. The van der Waals surface area contributed by atoms with Gasteiger partial charge in [0.1, 0.15) is 6.33 Å². The van der Waals surface area contributed by atoms with Crippen LogP contribution in [0.25, 0.3) is 22.3 Å². The van der Waals surface area contributed by atoms with Gasteiger partial charge in [0.05, 0.1) is 11.4 Å². The Bertz CT molecular complexity index is 771. The minimum Gasteiger partial charge on any atom is -0.353 e. The number of rotatable bonds is 1. The van der Waals surface area contributed by atoms with E-state index in [1.165, 1.54) is 33.3 Å². The van der Waals surface area contributed by atoms with Gasteiger partial charge >= 0.3 is 0 Å². The highest BCUT2D eigenvalue weighted by Crippen LogP contribution is 2.36. The molecule has 0 saturated heterocycles. The largest absolute Gasteiger partial charge is 0.353 e. The van der Waals surface area contributed by atoms with Crippen LogP contribution in [0.15, 0.2) is 30.7 Å². The molecule has 4 rings (SSSR count). The second kappa shape index (κ2) is 3.92. The number of benzene rings is 1. The van der Waals surface area contributed by atoms with E-state index in [4.69, 9.17) is 0 Å². The highest BCUT2D eigenvalue weighted by atomic mass is 14.9. The third-order valence-electron chi connectivity index (χ3n) is 4.05. The molecule has 0 bridgehead atoms. The van der Waals surface area contributed by atoms with Crippen LogP contribution in [0, 0.1) is 0 Å². The quantitative estimate of drug-likeness (QED) is 0.719. The Balaban J connectivity index is 2.02. The summed E-state index contributed by atoms with van der Waals surface area (Å²) in [5.41, 5.74) is 7.53. The van der Waals surface area contributed by atoms with E-state index in [9.17, 15) is 0 Å². The molecule has 0 saturated carbocycles. The van der Waals surface area contributed by atoms with Crippen molar-refractivity contribution < 1.29 is 0 Å². The molecule has 0 atom stereocenters. The van der Waals surface area contributed by atoms with Crippen LogP contribution in [0.1, 0.15) is 23.6 Å². The fraction of sp³-hybridized carbons (Fsp3) is 0.250. The molecule has 0 unspecified atom stereocenters. The van der Waals surface area contributed by atoms with Crippen LogP contribution in [0.2, 0.25) is 0 Å². The van der Waals surface area contributed by atoms with E-state index in [-0.39, 0.29) is 0 Å². The van der Waals surface area contributed by atoms with Crippen molar-refractivity contribution in [2.75, 3.05) is 0 Å². The van der Waals surface area contributed by atoms with Crippen LogP contribution in [0.3, 0.4) is 0 Å². The van der Waals surface area contributed by atoms with Crippen molar-refractivity contribution in [1.82, 2.24) is 15.0 Å². The Labute approximate surface area is 111 Å². The van der Waals surface area contributed by atoms with Gasteiger partial charge in [-0.3, -0.25) is 0 Å². The molecule has 3 nitrogen and oxygen atoms in total. The summed E-state index contributed by atoms with van der Waals surface area (Å²) in [5.74, 6) is 0. The normalized spacial score (nSPS) is 13.3. The number of hydrogen-bond donors (Lipinski definition) is 1. The fourth-order valence-corrected chi connectivity index (χ4v) is 3.00. The minimum atomic E-state index is 1.03. The Morgan fingerprint density at radius 2 is 2.21 bits per heavy atom. The van der Waals surface area contributed by atoms with Crippen molar-refractivity contribution in [3.8, 4) is 11.4 Å². The van der Waals surface area contributed by atoms with Gasteiger partial charge in [-0.15, -0.1) is 0 Å². The van der Waals surface area contributed by atoms with Gasteiger partial charge in [-0.1, -0.05) is 13.0 Å². The van der Waals surface area contributed by atoms with Gasteiger partial charge in [-0.05, 0) is 48.1 Å². The number of aromatic nitrogens is 3. The lowest BCUT2D eigenvalue weighted by Gasteiger charge is -2.14. The van der Waals surface area contributed by atoms with Crippen LogP contribution in [0.4, 0.5) is 0 Å². The Hall–Kier alpha value is -2.16. The zero-order chi connectivity index (χ0) is 12.8. The lowest BCUT2D eigenvalue weighted by molar-refractivity contribution is 0.913. The van der Waals surface area contributed by atoms with Crippen LogP contribution in [0.5, 0.6) is 0 Å². The average molecular weight is 249 g/mol. The summed E-state index contributed by atoms with van der Waals surface area (Å²) in [7, 11) is 0. The molecule has 0 spiro atoms. The fourth-order valence-electron chi connectivity index (χ4n) is 3.00. The molecule has 2 heterocycles. The molecule has 0 aliphatic heterocycles. The second-order valence-electron chi connectivity index (χ2n) is 5.11. The molecular weight excluding hydrogens is 234 g/mol. The maximum atomic E-state index is 4.46. The van der Waals surface area contributed by atoms with Crippen LogP contribution in [-0.4, -0.2) is 15.0 Å². The number of aromatic amines is 1. The van der Waals surface area contributed by atoms with Crippen molar-refractivity contribution in [1.29, 1.82) is 0 Å². The second-order valence-corrected chi connectivity index (χ2v) is 5.11. The van der Waals surface area contributed by atoms with Gasteiger partial charge in [0, 0.05) is 17.1 Å². The first-order valence-corrected chi connectivity index (χ1v) is 6.79. The van der Waals surface area contributed by atoms with E-state index in [0.29, 0.717) is 0 Å². The van der Waals surface area contributed by atoms with Gasteiger partial charge in [-0.25, -0.2) is 9.97 Å². The van der Waals surface area contributed by atoms with E-state index >= 15 is 0 Å². The van der Waals surface area contributed by atoms with Gasteiger partial charge < -0.3 is 4.98 Å². The molecule has 0 radical (unpaired) electrons. The first-order chi connectivity index (χ1) is 9.36. The molecule has 94 valence electrons. The Morgan fingerprint density at radius 3 is 3.11 bits per heavy atom. The van der Waals surface area contributed by atoms with Gasteiger partial charge in [-0.2, -0.15) is 0 Å². The molecule has 3 heteroatoms. The summed E-state index contributed by atoms with van der Waals surface area (Å²) in [6.45, 7) is 2.20. The third-order valence-corrected chi connectivity index (χ3v) is 4.05. The SMILES string of the molecule is CCc1ccc2[nH]c3c(c2c1)CCc1cncnc1-3. The van der Waals surface area contributed by atoms with Crippen molar-refractivity contribution in [3.05, 3.63) is 47.4 Å². The predicted molar refractivity (Wildman–Crippen MR) is 76.1 cm³/mol. The van der Waals surface area contributed by atoms with Crippen molar-refractivity contribution in [2.45, 2.75) is 26.2 Å². The smallest absolute Gasteiger partial charge is 0.116 e. The monoisotopic (exact) mass is 249 g/mol. The number of H-pyrrole nitrogens is 1. The number of aryl methyl sites for hydroxylation is 3. The topological polar surface area (TPSA) is 41.6 Å². The lowest BCUT2D eigenvalue weighted by atomic mass is 9.93. The molecular formula is C16H15N3. The van der Waals surface area contributed by atoms with E-state index in [1.807, 2.05) is 6.20 Å². The minimum absolute atomic E-state index is 1.03. The summed E-state index contributed by atoms with van der Waals surface area (Å²) in [5, 5.41) is 1.36. The number of nitrogens with one attached hydrogen (secondary N) is 1. The highest BCUT2D eigenvalue weighted by molar-refractivity contribution is 5.91. The molecule has 1 aliphatic rings. The Morgan fingerprint density at radius 1 is 1.26 bits per heavy atom. The van der Waals surface area contributed by atoms with Crippen LogP contribution < -0.4 is 0 Å². The maximum absolute atomic E-state index is 4.46. The average Bonchev–Trinajstić information content (AvgIpc) is 2.85. The van der Waals surface area contributed by atoms with Gasteiger partial charge in [0.2, 0.25) is 0 Å². The number of nitrogens with zero attached hydrogens (tertiary/aromatic N) is 2. The highest BCUT2D eigenvalue weighted by Gasteiger charge is 2.21. The summed E-state index contributed by atoms with van der Waals surface area (Å²) in [6, 6.07) is 6.70. The molecule has 1 aliphatic carbocycles.